The molecule has 1 aromatic carbocycles. The quantitative estimate of drug-likeness (QED) is 0.719. The van der Waals surface area contributed by atoms with Crippen LogP contribution in [0, 0.1) is 11.8 Å². The minimum Gasteiger partial charge on any atom is -0.356 e. The molecule has 2 saturated heterocycles. The average molecular weight is 459 g/mol. The molecule has 2 aromatic rings. The Kier molecular flexibility index (Phi) is 6.66. The third-order valence-corrected chi connectivity index (χ3v) is 8.23. The van der Waals surface area contributed by atoms with Gasteiger partial charge < -0.3 is 15.2 Å². The lowest BCUT2D eigenvalue weighted by Crippen LogP contribution is -2.43. The number of carbonyl (C=O) groups is 2. The first-order chi connectivity index (χ1) is 15.3. The van der Waals surface area contributed by atoms with Crippen LogP contribution in [0.25, 0.3) is 0 Å². The number of piperidine rings is 2. The van der Waals surface area contributed by atoms with Crippen LogP contribution in [0.15, 0.2) is 47.5 Å². The molecule has 0 aliphatic carbocycles. The Morgan fingerprint density at radius 1 is 1.06 bits per heavy atom. The van der Waals surface area contributed by atoms with Crippen LogP contribution < -0.4 is 5.32 Å². The van der Waals surface area contributed by atoms with Crippen molar-refractivity contribution in [3.8, 4) is 0 Å². The highest BCUT2D eigenvalue weighted by molar-refractivity contribution is 7.89. The maximum atomic E-state index is 13.2. The van der Waals surface area contributed by atoms with Gasteiger partial charge in [0, 0.05) is 38.1 Å². The Balaban J connectivity index is 1.43. The Hall–Kier alpha value is -2.65. The molecule has 0 unspecified atom stereocenters. The summed E-state index contributed by atoms with van der Waals surface area (Å²) in [6, 6.07) is 10.6. The number of H-pyrrole nitrogens is 1. The van der Waals surface area contributed by atoms with Gasteiger partial charge in [0.15, 0.2) is 0 Å². The molecular weight excluding hydrogens is 428 g/mol. The second-order valence-corrected chi connectivity index (χ2v) is 10.7. The highest BCUT2D eigenvalue weighted by atomic mass is 32.2. The average Bonchev–Trinajstić information content (AvgIpc) is 3.31. The topological polar surface area (TPSA) is 103 Å². The number of aromatic amines is 1. The van der Waals surface area contributed by atoms with Crippen LogP contribution in [0.1, 0.15) is 43.1 Å². The van der Waals surface area contributed by atoms with Crippen molar-refractivity contribution in [2.24, 2.45) is 11.8 Å². The number of hydrogen-bond donors (Lipinski definition) is 2. The van der Waals surface area contributed by atoms with E-state index >= 15 is 0 Å². The van der Waals surface area contributed by atoms with Crippen molar-refractivity contribution >= 4 is 27.5 Å². The Labute approximate surface area is 189 Å². The summed E-state index contributed by atoms with van der Waals surface area (Å²) in [5, 5.41) is 2.87. The summed E-state index contributed by atoms with van der Waals surface area (Å²) in [6.07, 6.45) is 4.53. The van der Waals surface area contributed by atoms with Gasteiger partial charge in [-0.1, -0.05) is 25.1 Å². The van der Waals surface area contributed by atoms with E-state index in [2.05, 4.69) is 17.2 Å². The van der Waals surface area contributed by atoms with Crippen LogP contribution in [-0.2, 0) is 14.8 Å². The second kappa shape index (κ2) is 9.46. The number of amides is 2. The van der Waals surface area contributed by atoms with Gasteiger partial charge in [-0.05, 0) is 49.8 Å². The van der Waals surface area contributed by atoms with Gasteiger partial charge >= 0.3 is 0 Å². The first-order valence-corrected chi connectivity index (χ1v) is 12.6. The third kappa shape index (κ3) is 4.88. The fourth-order valence-electron chi connectivity index (χ4n) is 4.32. The van der Waals surface area contributed by atoms with Crippen molar-refractivity contribution in [2.45, 2.75) is 37.5 Å². The zero-order valence-electron chi connectivity index (χ0n) is 18.3. The molecule has 8 nitrogen and oxygen atoms in total. The van der Waals surface area contributed by atoms with Crippen molar-refractivity contribution < 1.29 is 18.0 Å². The largest absolute Gasteiger partial charge is 0.356 e. The minimum atomic E-state index is -3.80. The number of rotatable bonds is 5. The molecule has 2 amide bonds. The SMILES string of the molecule is CC1CCN(C(=O)c2cc(S(=O)(=O)N3CCC[C@H](C(=O)Nc4ccccc4)C3)c[nH]2)CC1. The molecule has 2 fully saturated rings. The van der Waals surface area contributed by atoms with Gasteiger partial charge in [0.05, 0.1) is 5.92 Å². The van der Waals surface area contributed by atoms with Crippen molar-refractivity contribution in [3.63, 3.8) is 0 Å². The number of carbonyl (C=O) groups excluding carboxylic acids is 2. The molecule has 0 radical (unpaired) electrons. The standard InChI is InChI=1S/C23H30N4O4S/c1-17-9-12-26(13-10-17)23(29)21-14-20(15-24-21)32(30,31)27-11-5-6-18(16-27)22(28)25-19-7-3-2-4-8-19/h2-4,7-8,14-15,17-18,24H,5-6,9-13,16H2,1H3,(H,25,28)/t18-/m0/s1. The van der Waals surface area contributed by atoms with Crippen LogP contribution in [0.4, 0.5) is 5.69 Å². The third-order valence-electron chi connectivity index (χ3n) is 6.39. The van der Waals surface area contributed by atoms with E-state index in [0.717, 1.165) is 12.8 Å². The number of likely N-dealkylation sites (tertiary alicyclic amines) is 1. The van der Waals surface area contributed by atoms with Gasteiger partial charge in [0.2, 0.25) is 15.9 Å². The first kappa shape index (κ1) is 22.5. The number of benzene rings is 1. The molecule has 1 atom stereocenters. The minimum absolute atomic E-state index is 0.0651. The molecule has 0 bridgehead atoms. The summed E-state index contributed by atoms with van der Waals surface area (Å²) in [5.74, 6) is -0.170. The molecule has 4 rings (SSSR count). The monoisotopic (exact) mass is 458 g/mol. The molecule has 3 heterocycles. The van der Waals surface area contributed by atoms with E-state index in [-0.39, 0.29) is 28.9 Å². The Bertz CT molecular complexity index is 1060. The number of nitrogens with zero attached hydrogens (tertiary/aromatic N) is 2. The molecule has 2 N–H and O–H groups in total. The molecule has 32 heavy (non-hydrogen) atoms. The maximum absolute atomic E-state index is 13.2. The maximum Gasteiger partial charge on any atom is 0.270 e. The molecule has 1 aromatic heterocycles. The predicted molar refractivity (Wildman–Crippen MR) is 122 cm³/mol. The van der Waals surface area contributed by atoms with E-state index < -0.39 is 15.9 Å². The number of aromatic nitrogens is 1. The van der Waals surface area contributed by atoms with E-state index in [1.165, 1.54) is 16.6 Å². The van der Waals surface area contributed by atoms with Crippen molar-refractivity contribution in [1.29, 1.82) is 0 Å². The molecule has 2 aliphatic rings. The fourth-order valence-corrected chi connectivity index (χ4v) is 5.84. The van der Waals surface area contributed by atoms with Gasteiger partial charge in [-0.15, -0.1) is 0 Å². The summed E-state index contributed by atoms with van der Waals surface area (Å²) in [6.45, 7) is 4.03. The van der Waals surface area contributed by atoms with Crippen molar-refractivity contribution in [1.82, 2.24) is 14.2 Å². The van der Waals surface area contributed by atoms with Gasteiger partial charge in [-0.25, -0.2) is 8.42 Å². The lowest BCUT2D eigenvalue weighted by molar-refractivity contribution is -0.120. The van der Waals surface area contributed by atoms with E-state index in [0.29, 0.717) is 44.1 Å². The zero-order chi connectivity index (χ0) is 22.7. The molecule has 9 heteroatoms. The molecule has 0 saturated carbocycles. The summed E-state index contributed by atoms with van der Waals surface area (Å²) >= 11 is 0. The van der Waals surface area contributed by atoms with Crippen molar-refractivity contribution in [2.75, 3.05) is 31.5 Å². The van der Waals surface area contributed by atoms with Crippen LogP contribution in [0.3, 0.4) is 0 Å². The zero-order valence-corrected chi connectivity index (χ0v) is 19.1. The summed E-state index contributed by atoms with van der Waals surface area (Å²) in [7, 11) is -3.80. The summed E-state index contributed by atoms with van der Waals surface area (Å²) < 4.78 is 27.8. The lowest BCUT2D eigenvalue weighted by atomic mass is 9.99. The van der Waals surface area contributed by atoms with Crippen LogP contribution in [0.5, 0.6) is 0 Å². The van der Waals surface area contributed by atoms with E-state index in [9.17, 15) is 18.0 Å². The normalized spacial score (nSPS) is 20.8. The Morgan fingerprint density at radius 3 is 2.50 bits per heavy atom. The van der Waals surface area contributed by atoms with Gasteiger partial charge in [0.25, 0.3) is 5.91 Å². The fraction of sp³-hybridized carbons (Fsp3) is 0.478. The molecule has 172 valence electrons. The summed E-state index contributed by atoms with van der Waals surface area (Å²) in [4.78, 5) is 30.1. The smallest absolute Gasteiger partial charge is 0.270 e. The lowest BCUT2D eigenvalue weighted by Gasteiger charge is -2.31. The predicted octanol–water partition coefficient (Wildman–Crippen LogP) is 2.93. The van der Waals surface area contributed by atoms with Crippen LogP contribution in [0.2, 0.25) is 0 Å². The van der Waals surface area contributed by atoms with Gasteiger partial charge in [-0.3, -0.25) is 9.59 Å². The van der Waals surface area contributed by atoms with Gasteiger partial charge in [-0.2, -0.15) is 4.31 Å². The molecule has 0 spiro atoms. The van der Waals surface area contributed by atoms with E-state index in [1.54, 1.807) is 17.0 Å². The van der Waals surface area contributed by atoms with Gasteiger partial charge in [0.1, 0.15) is 10.6 Å². The number of para-hydroxylation sites is 1. The number of hydrogen-bond acceptors (Lipinski definition) is 4. The first-order valence-electron chi connectivity index (χ1n) is 11.2. The van der Waals surface area contributed by atoms with E-state index in [4.69, 9.17) is 0 Å². The number of anilines is 1. The number of sulfonamides is 1. The van der Waals surface area contributed by atoms with Crippen LogP contribution in [-0.4, -0.2) is 60.6 Å². The molecular formula is C23H30N4O4S. The van der Waals surface area contributed by atoms with Crippen molar-refractivity contribution in [3.05, 3.63) is 48.3 Å². The summed E-state index contributed by atoms with van der Waals surface area (Å²) in [5.41, 5.74) is 0.979. The highest BCUT2D eigenvalue weighted by Crippen LogP contribution is 2.26. The van der Waals surface area contributed by atoms with Crippen LogP contribution >= 0.6 is 0 Å². The Morgan fingerprint density at radius 2 is 1.78 bits per heavy atom. The second-order valence-electron chi connectivity index (χ2n) is 8.78. The molecule has 2 aliphatic heterocycles. The van der Waals surface area contributed by atoms with E-state index in [1.807, 2.05) is 18.2 Å². The highest BCUT2D eigenvalue weighted by Gasteiger charge is 2.34. The number of nitrogens with one attached hydrogen (secondary N) is 2.